The highest BCUT2D eigenvalue weighted by atomic mass is 35.5. The number of amides is 1. The van der Waals surface area contributed by atoms with Gasteiger partial charge in [0, 0.05) is 23.6 Å². The summed E-state index contributed by atoms with van der Waals surface area (Å²) in [7, 11) is 0. The number of benzene rings is 1. The van der Waals surface area contributed by atoms with Crippen LogP contribution in [0.2, 0.25) is 5.02 Å². The number of hydrogen-bond acceptors (Lipinski definition) is 5. The number of aliphatic hydroxyl groups excluding tert-OH is 1. The van der Waals surface area contributed by atoms with Gasteiger partial charge in [-0.2, -0.15) is 0 Å². The van der Waals surface area contributed by atoms with Crippen molar-refractivity contribution in [2.45, 2.75) is 39.7 Å². The molecule has 7 heteroatoms. The lowest BCUT2D eigenvalue weighted by Gasteiger charge is -2.14. The molecule has 1 heterocycles. The summed E-state index contributed by atoms with van der Waals surface area (Å²) < 4.78 is 10.6. The van der Waals surface area contributed by atoms with Gasteiger partial charge in [-0.05, 0) is 51.0 Å². The van der Waals surface area contributed by atoms with Crippen LogP contribution in [0.4, 0.5) is 0 Å². The maximum atomic E-state index is 11.9. The van der Waals surface area contributed by atoms with Gasteiger partial charge in [-0.1, -0.05) is 16.8 Å². The minimum atomic E-state index is -0.793. The summed E-state index contributed by atoms with van der Waals surface area (Å²) in [6.07, 6.45) is 0.0789. The number of carbonyl (C=O) groups is 1. The predicted octanol–water partition coefficient (Wildman–Crippen LogP) is 2.74. The van der Waals surface area contributed by atoms with E-state index in [9.17, 15) is 9.90 Å². The number of halogens is 1. The average Bonchev–Trinajstić information content (AvgIpc) is 2.90. The lowest BCUT2D eigenvalue weighted by atomic mass is 10.1. The van der Waals surface area contributed by atoms with Gasteiger partial charge < -0.3 is 19.7 Å². The lowest BCUT2D eigenvalue weighted by molar-refractivity contribution is -0.121. The quantitative estimate of drug-likeness (QED) is 0.750. The molecule has 0 saturated heterocycles. The normalized spacial score (nSPS) is 12.0. The van der Waals surface area contributed by atoms with Crippen LogP contribution >= 0.6 is 11.6 Å². The molecule has 136 valence electrons. The number of rotatable bonds is 8. The summed E-state index contributed by atoms with van der Waals surface area (Å²) in [6.45, 7) is 5.78. The first-order valence-electron chi connectivity index (χ1n) is 8.12. The third-order valence-corrected chi connectivity index (χ3v) is 4.31. The standard InChI is InChI=1S/C18H23ClN2O4/c1-11-8-15(4-6-17(11)19)24-10-14(22)9-20-18(23)7-5-16-12(2)21-25-13(16)3/h4,6,8,14,22H,5,7,9-10H2,1-3H3,(H,20,23)/t14-/m1/s1. The SMILES string of the molecule is Cc1cc(OC[C@H](O)CNC(=O)CCc2c(C)noc2C)ccc1Cl. The average molecular weight is 367 g/mol. The zero-order chi connectivity index (χ0) is 18.4. The molecule has 2 rings (SSSR count). The van der Waals surface area contributed by atoms with Crippen molar-refractivity contribution in [1.82, 2.24) is 10.5 Å². The summed E-state index contributed by atoms with van der Waals surface area (Å²) in [5.41, 5.74) is 2.66. The molecule has 0 bridgehead atoms. The number of nitrogens with one attached hydrogen (secondary N) is 1. The van der Waals surface area contributed by atoms with Crippen molar-refractivity contribution in [3.05, 3.63) is 45.8 Å². The van der Waals surface area contributed by atoms with Gasteiger partial charge in [0.05, 0.1) is 5.69 Å². The molecule has 0 aliphatic carbocycles. The van der Waals surface area contributed by atoms with Crippen LogP contribution < -0.4 is 10.1 Å². The van der Waals surface area contributed by atoms with Crippen molar-refractivity contribution < 1.29 is 19.2 Å². The Labute approximate surface area is 152 Å². The second kappa shape index (κ2) is 8.87. The Morgan fingerprint density at radius 1 is 1.40 bits per heavy atom. The Hall–Kier alpha value is -2.05. The summed E-state index contributed by atoms with van der Waals surface area (Å²) in [5.74, 6) is 1.23. The largest absolute Gasteiger partial charge is 0.491 e. The predicted molar refractivity (Wildman–Crippen MR) is 95.0 cm³/mol. The molecule has 0 saturated carbocycles. The fourth-order valence-electron chi connectivity index (χ4n) is 2.38. The molecule has 1 atom stereocenters. The van der Waals surface area contributed by atoms with E-state index in [0.29, 0.717) is 23.6 Å². The minimum absolute atomic E-state index is 0.0885. The van der Waals surface area contributed by atoms with E-state index >= 15 is 0 Å². The number of carbonyl (C=O) groups excluding carboxylic acids is 1. The van der Waals surface area contributed by atoms with Crippen LogP contribution in [0.3, 0.4) is 0 Å². The Bertz CT molecular complexity index is 710. The fourth-order valence-corrected chi connectivity index (χ4v) is 2.49. The number of aromatic nitrogens is 1. The van der Waals surface area contributed by atoms with E-state index in [-0.39, 0.29) is 19.1 Å². The van der Waals surface area contributed by atoms with E-state index < -0.39 is 6.10 Å². The smallest absolute Gasteiger partial charge is 0.220 e. The monoisotopic (exact) mass is 366 g/mol. The van der Waals surface area contributed by atoms with Crippen LogP contribution in [-0.2, 0) is 11.2 Å². The molecule has 0 unspecified atom stereocenters. The number of nitrogens with zero attached hydrogens (tertiary/aromatic N) is 1. The van der Waals surface area contributed by atoms with E-state index in [2.05, 4.69) is 10.5 Å². The number of aryl methyl sites for hydroxylation is 3. The molecule has 0 spiro atoms. The molecule has 2 N–H and O–H groups in total. The van der Waals surface area contributed by atoms with Crippen molar-refractivity contribution in [1.29, 1.82) is 0 Å². The highest BCUT2D eigenvalue weighted by Gasteiger charge is 2.12. The number of hydrogen-bond donors (Lipinski definition) is 2. The van der Waals surface area contributed by atoms with E-state index in [1.54, 1.807) is 18.2 Å². The molecule has 2 aromatic rings. The highest BCUT2D eigenvalue weighted by Crippen LogP contribution is 2.21. The first-order valence-corrected chi connectivity index (χ1v) is 8.50. The van der Waals surface area contributed by atoms with E-state index in [0.717, 1.165) is 22.6 Å². The van der Waals surface area contributed by atoms with Crippen LogP contribution in [0.15, 0.2) is 22.7 Å². The van der Waals surface area contributed by atoms with Crippen molar-refractivity contribution in [3.63, 3.8) is 0 Å². The van der Waals surface area contributed by atoms with Gasteiger partial charge in [-0.3, -0.25) is 4.79 Å². The maximum absolute atomic E-state index is 11.9. The molecular weight excluding hydrogens is 344 g/mol. The lowest BCUT2D eigenvalue weighted by Crippen LogP contribution is -2.35. The van der Waals surface area contributed by atoms with E-state index in [1.165, 1.54) is 0 Å². The molecule has 0 radical (unpaired) electrons. The Kier molecular flexibility index (Phi) is 6.84. The summed E-state index contributed by atoms with van der Waals surface area (Å²) in [6, 6.07) is 5.29. The summed E-state index contributed by atoms with van der Waals surface area (Å²) in [4.78, 5) is 11.9. The molecule has 1 aromatic heterocycles. The third kappa shape index (κ3) is 5.76. The number of aliphatic hydroxyl groups is 1. The van der Waals surface area contributed by atoms with Crippen molar-refractivity contribution in [2.24, 2.45) is 0 Å². The molecule has 25 heavy (non-hydrogen) atoms. The van der Waals surface area contributed by atoms with Gasteiger partial charge >= 0.3 is 0 Å². The van der Waals surface area contributed by atoms with Gasteiger partial charge in [0.1, 0.15) is 24.2 Å². The zero-order valence-corrected chi connectivity index (χ0v) is 15.4. The molecule has 1 aromatic carbocycles. The van der Waals surface area contributed by atoms with E-state index in [1.807, 2.05) is 20.8 Å². The first kappa shape index (κ1) is 19.3. The van der Waals surface area contributed by atoms with Crippen molar-refractivity contribution >= 4 is 17.5 Å². The Morgan fingerprint density at radius 3 is 2.80 bits per heavy atom. The van der Waals surface area contributed by atoms with Crippen molar-refractivity contribution in [2.75, 3.05) is 13.2 Å². The van der Waals surface area contributed by atoms with Crippen LogP contribution in [0, 0.1) is 20.8 Å². The highest BCUT2D eigenvalue weighted by molar-refractivity contribution is 6.31. The minimum Gasteiger partial charge on any atom is -0.491 e. The summed E-state index contributed by atoms with van der Waals surface area (Å²) >= 11 is 5.95. The third-order valence-electron chi connectivity index (χ3n) is 3.89. The molecule has 0 aliphatic heterocycles. The topological polar surface area (TPSA) is 84.6 Å². The van der Waals surface area contributed by atoms with Gasteiger partial charge in [0.15, 0.2) is 0 Å². The molecule has 0 aliphatic rings. The summed E-state index contributed by atoms with van der Waals surface area (Å²) in [5, 5.41) is 17.2. The van der Waals surface area contributed by atoms with Crippen LogP contribution in [-0.4, -0.2) is 35.4 Å². The Balaban J connectivity index is 1.69. The first-order chi connectivity index (χ1) is 11.9. The fraction of sp³-hybridized carbons (Fsp3) is 0.444. The van der Waals surface area contributed by atoms with Gasteiger partial charge in [-0.15, -0.1) is 0 Å². The number of ether oxygens (including phenoxy) is 1. The molecule has 1 amide bonds. The Morgan fingerprint density at radius 2 is 2.16 bits per heavy atom. The van der Waals surface area contributed by atoms with Gasteiger partial charge in [0.25, 0.3) is 0 Å². The maximum Gasteiger partial charge on any atom is 0.220 e. The van der Waals surface area contributed by atoms with Crippen LogP contribution in [0.5, 0.6) is 5.75 Å². The van der Waals surface area contributed by atoms with Gasteiger partial charge in [-0.25, -0.2) is 0 Å². The van der Waals surface area contributed by atoms with Crippen molar-refractivity contribution in [3.8, 4) is 5.75 Å². The van der Waals surface area contributed by atoms with Gasteiger partial charge in [0.2, 0.25) is 5.91 Å². The van der Waals surface area contributed by atoms with Crippen LogP contribution in [0.1, 0.15) is 29.0 Å². The molecular formula is C18H23ClN2O4. The second-order valence-electron chi connectivity index (χ2n) is 5.98. The zero-order valence-electron chi connectivity index (χ0n) is 14.6. The molecule has 6 nitrogen and oxygen atoms in total. The molecule has 0 fully saturated rings. The second-order valence-corrected chi connectivity index (χ2v) is 6.39. The van der Waals surface area contributed by atoms with Crippen LogP contribution in [0.25, 0.3) is 0 Å². The van der Waals surface area contributed by atoms with E-state index in [4.69, 9.17) is 20.9 Å².